The van der Waals surface area contributed by atoms with Gasteiger partial charge in [0.15, 0.2) is 0 Å². The fraction of sp³-hybridized carbons (Fsp3) is 0.250. The third-order valence-electron chi connectivity index (χ3n) is 2.93. The number of pyridine rings is 1. The average molecular weight is 254 g/mol. The maximum Gasteiger partial charge on any atom is 0.202 e. The molecule has 0 radical (unpaired) electrons. The first kappa shape index (κ1) is 13.3. The molecule has 0 saturated heterocycles. The Morgan fingerprint density at radius 3 is 2.42 bits per heavy atom. The summed E-state index contributed by atoms with van der Waals surface area (Å²) >= 11 is 0. The minimum absolute atomic E-state index is 0.224. The molecule has 0 fully saturated rings. The van der Waals surface area contributed by atoms with Crippen LogP contribution in [0.5, 0.6) is 0 Å². The molecule has 1 heterocycles. The average Bonchev–Trinajstić information content (AvgIpc) is 2.46. The van der Waals surface area contributed by atoms with Gasteiger partial charge < -0.3 is 5.11 Å². The Hall–Kier alpha value is -2.16. The maximum atomic E-state index is 12.0. The Labute approximate surface area is 113 Å². The smallest absolute Gasteiger partial charge is 0.202 e. The molecule has 0 saturated carbocycles. The summed E-state index contributed by atoms with van der Waals surface area (Å²) in [7, 11) is 0. The molecule has 2 rings (SSSR count). The Morgan fingerprint density at radius 2 is 1.79 bits per heavy atom. The largest absolute Gasteiger partial charge is 0.854 e. The van der Waals surface area contributed by atoms with E-state index in [1.807, 2.05) is 42.5 Å². The normalized spacial score (nSPS) is 11.5. The Balaban J connectivity index is 2.11. The van der Waals surface area contributed by atoms with E-state index in [9.17, 15) is 5.11 Å². The van der Waals surface area contributed by atoms with E-state index >= 15 is 0 Å². The molecule has 1 aromatic heterocycles. The van der Waals surface area contributed by atoms with Crippen LogP contribution in [0.3, 0.4) is 0 Å². The van der Waals surface area contributed by atoms with Crippen molar-refractivity contribution in [2.75, 3.05) is 0 Å². The second-order valence-electron chi connectivity index (χ2n) is 4.46. The number of hydrogen-bond donors (Lipinski definition) is 0. The summed E-state index contributed by atoms with van der Waals surface area (Å²) in [4.78, 5) is 0. The molecule has 0 aliphatic carbocycles. The number of benzene rings is 1. The van der Waals surface area contributed by atoms with Crippen LogP contribution in [0.15, 0.2) is 60.0 Å². The Morgan fingerprint density at radius 1 is 1.11 bits per heavy atom. The fourth-order valence-corrected chi connectivity index (χ4v) is 1.81. The lowest BCUT2D eigenvalue weighted by atomic mass is 10.1. The second kappa shape index (κ2) is 6.69. The van der Waals surface area contributed by atoms with E-state index in [1.165, 1.54) is 23.1 Å². The van der Waals surface area contributed by atoms with Crippen LogP contribution < -0.4 is 9.78 Å². The monoisotopic (exact) mass is 254 g/mol. The van der Waals surface area contributed by atoms with Gasteiger partial charge in [-0.25, -0.2) is 0 Å². The summed E-state index contributed by atoms with van der Waals surface area (Å²) in [6.07, 6.45) is 6.91. The van der Waals surface area contributed by atoms with E-state index in [2.05, 4.69) is 12.0 Å². The highest BCUT2D eigenvalue weighted by Crippen LogP contribution is 2.07. The number of aryl methyl sites for hydroxylation is 1. The number of rotatable bonds is 5. The number of nitrogens with zero attached hydrogens (tertiary/aromatic N) is 2. The van der Waals surface area contributed by atoms with Crippen molar-refractivity contribution >= 4 is 5.90 Å². The highest BCUT2D eigenvalue weighted by molar-refractivity contribution is 5.90. The molecule has 0 N–H and O–H groups in total. The van der Waals surface area contributed by atoms with Crippen molar-refractivity contribution in [2.45, 2.75) is 26.2 Å². The zero-order chi connectivity index (χ0) is 13.5. The topological polar surface area (TPSA) is 39.3 Å². The van der Waals surface area contributed by atoms with Crippen molar-refractivity contribution in [1.29, 1.82) is 0 Å². The predicted octanol–water partition coefficient (Wildman–Crippen LogP) is 1.89. The molecule has 0 atom stereocenters. The highest BCUT2D eigenvalue weighted by Gasteiger charge is 1.98. The summed E-state index contributed by atoms with van der Waals surface area (Å²) in [6, 6.07) is 13.3. The van der Waals surface area contributed by atoms with Crippen LogP contribution in [0, 0.1) is 0 Å². The minimum atomic E-state index is -0.224. The lowest BCUT2D eigenvalue weighted by molar-refractivity contribution is -0.681. The van der Waals surface area contributed by atoms with Gasteiger partial charge in [0.25, 0.3) is 0 Å². The lowest BCUT2D eigenvalue weighted by Gasteiger charge is -2.08. The van der Waals surface area contributed by atoms with Crippen molar-refractivity contribution in [3.8, 4) is 0 Å². The summed E-state index contributed by atoms with van der Waals surface area (Å²) in [5.41, 5.74) is 1.89. The van der Waals surface area contributed by atoms with Gasteiger partial charge >= 0.3 is 0 Å². The maximum absolute atomic E-state index is 12.0. The standard InChI is InChI=1S/C16H18N2O/c1-2-3-7-14-8-10-15(11-9-14)16(19)17-18-12-5-4-6-13-18/h4-6,8-13H,2-3,7H2,1H3. The van der Waals surface area contributed by atoms with Gasteiger partial charge in [-0.1, -0.05) is 48.4 Å². The van der Waals surface area contributed by atoms with Crippen LogP contribution in [0.25, 0.3) is 0 Å². The van der Waals surface area contributed by atoms with Crippen molar-refractivity contribution in [1.82, 2.24) is 0 Å². The van der Waals surface area contributed by atoms with E-state index in [0.717, 1.165) is 6.42 Å². The van der Waals surface area contributed by atoms with Gasteiger partial charge in [0.2, 0.25) is 12.4 Å². The molecule has 0 bridgehead atoms. The quantitative estimate of drug-likeness (QED) is 0.456. The van der Waals surface area contributed by atoms with Crippen LogP contribution in [-0.4, -0.2) is 5.90 Å². The van der Waals surface area contributed by atoms with E-state index in [-0.39, 0.29) is 5.90 Å². The zero-order valence-corrected chi connectivity index (χ0v) is 11.1. The van der Waals surface area contributed by atoms with Crippen LogP contribution in [-0.2, 0) is 6.42 Å². The summed E-state index contributed by atoms with van der Waals surface area (Å²) in [5, 5.41) is 16.0. The third kappa shape index (κ3) is 3.91. The Kier molecular flexibility index (Phi) is 4.67. The van der Waals surface area contributed by atoms with Gasteiger partial charge in [0, 0.05) is 12.1 Å². The van der Waals surface area contributed by atoms with Gasteiger partial charge in [-0.3, -0.25) is 0 Å². The van der Waals surface area contributed by atoms with Crippen LogP contribution in [0.4, 0.5) is 0 Å². The van der Waals surface area contributed by atoms with E-state index < -0.39 is 0 Å². The molecular formula is C16H18N2O. The van der Waals surface area contributed by atoms with Crippen LogP contribution in [0.2, 0.25) is 0 Å². The van der Waals surface area contributed by atoms with Crippen molar-refractivity contribution in [3.63, 3.8) is 0 Å². The molecule has 3 heteroatoms. The second-order valence-corrected chi connectivity index (χ2v) is 4.46. The molecule has 3 nitrogen and oxygen atoms in total. The highest BCUT2D eigenvalue weighted by atomic mass is 16.3. The van der Waals surface area contributed by atoms with Gasteiger partial charge in [-0.15, -0.1) is 0 Å². The summed E-state index contributed by atoms with van der Waals surface area (Å²) in [6.45, 7) is 2.17. The molecule has 0 aliphatic rings. The van der Waals surface area contributed by atoms with Gasteiger partial charge in [-0.05, 0) is 29.1 Å². The van der Waals surface area contributed by atoms with Crippen LogP contribution >= 0.6 is 0 Å². The summed E-state index contributed by atoms with van der Waals surface area (Å²) in [5.74, 6) is -0.224. The van der Waals surface area contributed by atoms with Crippen molar-refractivity contribution < 1.29 is 9.78 Å². The molecule has 1 aromatic carbocycles. The van der Waals surface area contributed by atoms with Gasteiger partial charge in [0.1, 0.15) is 0 Å². The molecule has 2 aromatic rings. The van der Waals surface area contributed by atoms with Crippen molar-refractivity contribution in [2.24, 2.45) is 5.10 Å². The fourth-order valence-electron chi connectivity index (χ4n) is 1.81. The Bertz CT molecular complexity index is 532. The van der Waals surface area contributed by atoms with Crippen molar-refractivity contribution in [3.05, 3.63) is 66.0 Å². The molecule has 98 valence electrons. The summed E-state index contributed by atoms with van der Waals surface area (Å²) < 4.78 is 1.52. The molecule has 0 spiro atoms. The molecule has 19 heavy (non-hydrogen) atoms. The number of hydrogen-bond acceptors (Lipinski definition) is 2. The first-order chi connectivity index (χ1) is 9.29. The van der Waals surface area contributed by atoms with Gasteiger partial charge in [0.05, 0.1) is 5.90 Å². The predicted molar refractivity (Wildman–Crippen MR) is 73.6 cm³/mol. The molecule has 0 unspecified atom stereocenters. The first-order valence-corrected chi connectivity index (χ1v) is 6.61. The van der Waals surface area contributed by atoms with E-state index in [1.54, 1.807) is 12.4 Å². The first-order valence-electron chi connectivity index (χ1n) is 6.61. The minimum Gasteiger partial charge on any atom is -0.854 e. The molecule has 0 aliphatic heterocycles. The van der Waals surface area contributed by atoms with Gasteiger partial charge in [-0.2, -0.15) is 0 Å². The SMILES string of the molecule is CCCCc1ccc(/C([O-])=N/[n+]2ccccc2)cc1. The zero-order valence-electron chi connectivity index (χ0n) is 11.1. The number of unbranched alkanes of at least 4 members (excludes halogenated alkanes) is 1. The lowest BCUT2D eigenvalue weighted by Crippen LogP contribution is -2.33. The van der Waals surface area contributed by atoms with Crippen LogP contribution in [0.1, 0.15) is 30.9 Å². The third-order valence-corrected chi connectivity index (χ3v) is 2.93. The van der Waals surface area contributed by atoms with E-state index in [0.29, 0.717) is 5.56 Å². The molecule has 0 amide bonds. The van der Waals surface area contributed by atoms with E-state index in [4.69, 9.17) is 0 Å². The number of aromatic nitrogens is 1. The molecular weight excluding hydrogens is 236 g/mol.